The molecule has 0 bridgehead atoms. The Hall–Kier alpha value is -1.39. The number of nitrogens with one attached hydrogen (secondary N) is 1. The number of rotatable bonds is 5. The lowest BCUT2D eigenvalue weighted by Gasteiger charge is -2.43. The third kappa shape index (κ3) is 4.24. The molecule has 0 spiro atoms. The zero-order valence-corrected chi connectivity index (χ0v) is 15.6. The van der Waals surface area contributed by atoms with Crippen LogP contribution in [-0.2, 0) is 11.2 Å². The highest BCUT2D eigenvalue weighted by Gasteiger charge is 2.36. The number of benzene rings is 1. The minimum atomic E-state index is -0.424. The molecule has 2 N–H and O–H groups in total. The summed E-state index contributed by atoms with van der Waals surface area (Å²) in [6.45, 7) is 5.52. The number of aliphatic hydroxyl groups excluding tert-OH is 1. The van der Waals surface area contributed by atoms with Gasteiger partial charge in [0.1, 0.15) is 0 Å². The van der Waals surface area contributed by atoms with Crippen LogP contribution >= 0.6 is 0 Å². The summed E-state index contributed by atoms with van der Waals surface area (Å²) in [5, 5.41) is 12.5. The summed E-state index contributed by atoms with van der Waals surface area (Å²) in [5.41, 5.74) is 4.19. The summed E-state index contributed by atoms with van der Waals surface area (Å²) in [6, 6.07) is 6.80. The maximum Gasteiger partial charge on any atom is 0.237 e. The van der Waals surface area contributed by atoms with Gasteiger partial charge in [-0.3, -0.25) is 4.79 Å². The maximum atomic E-state index is 12.9. The van der Waals surface area contributed by atoms with Gasteiger partial charge in [0.25, 0.3) is 0 Å². The molecule has 1 aromatic carbocycles. The van der Waals surface area contributed by atoms with Gasteiger partial charge in [0.15, 0.2) is 0 Å². The molecule has 25 heavy (non-hydrogen) atoms. The van der Waals surface area contributed by atoms with Crippen LogP contribution in [0.4, 0.5) is 0 Å². The minimum absolute atomic E-state index is 0.170. The number of hydrogen-bond donors (Lipinski definition) is 2. The molecule has 1 heterocycles. The number of aliphatic hydroxyl groups is 1. The Morgan fingerprint density at radius 1 is 1.32 bits per heavy atom. The minimum Gasteiger partial charge on any atom is -0.392 e. The van der Waals surface area contributed by atoms with Crippen LogP contribution in [-0.4, -0.2) is 41.7 Å². The number of carbonyl (C=O) groups is 1. The third-order valence-electron chi connectivity index (χ3n) is 5.84. The van der Waals surface area contributed by atoms with Crippen molar-refractivity contribution in [2.24, 2.45) is 5.92 Å². The predicted molar refractivity (Wildman–Crippen MR) is 100 cm³/mol. The molecular weight excluding hydrogens is 312 g/mol. The second-order valence-corrected chi connectivity index (χ2v) is 7.80. The van der Waals surface area contributed by atoms with E-state index in [1.165, 1.54) is 48.8 Å². The largest absolute Gasteiger partial charge is 0.392 e. The van der Waals surface area contributed by atoms with Crippen LogP contribution in [0.2, 0.25) is 0 Å². The van der Waals surface area contributed by atoms with Crippen molar-refractivity contribution in [3.8, 4) is 0 Å². The molecule has 0 saturated heterocycles. The average molecular weight is 344 g/mol. The Morgan fingerprint density at radius 3 is 2.80 bits per heavy atom. The van der Waals surface area contributed by atoms with Crippen molar-refractivity contribution in [2.75, 3.05) is 19.6 Å². The topological polar surface area (TPSA) is 52.6 Å². The van der Waals surface area contributed by atoms with E-state index in [4.69, 9.17) is 0 Å². The van der Waals surface area contributed by atoms with Gasteiger partial charge in [-0.25, -0.2) is 0 Å². The van der Waals surface area contributed by atoms with Gasteiger partial charge in [-0.1, -0.05) is 37.5 Å². The fourth-order valence-electron chi connectivity index (χ4n) is 4.61. The second-order valence-electron chi connectivity index (χ2n) is 7.80. The summed E-state index contributed by atoms with van der Waals surface area (Å²) < 4.78 is 0. The van der Waals surface area contributed by atoms with E-state index < -0.39 is 6.10 Å². The molecule has 4 heteroatoms. The van der Waals surface area contributed by atoms with Crippen molar-refractivity contribution in [3.63, 3.8) is 0 Å². The van der Waals surface area contributed by atoms with Crippen molar-refractivity contribution in [1.82, 2.24) is 10.2 Å². The van der Waals surface area contributed by atoms with E-state index >= 15 is 0 Å². The number of amides is 1. The Bertz CT molecular complexity index is 594. The van der Waals surface area contributed by atoms with Crippen LogP contribution in [0.15, 0.2) is 18.2 Å². The number of nitrogens with zero attached hydrogens (tertiary/aromatic N) is 1. The quantitative estimate of drug-likeness (QED) is 0.863. The first-order valence-corrected chi connectivity index (χ1v) is 9.84. The van der Waals surface area contributed by atoms with Crippen LogP contribution < -0.4 is 5.32 Å². The average Bonchev–Trinajstić information content (AvgIpc) is 2.61. The number of carbonyl (C=O) groups excluding carboxylic acids is 1. The van der Waals surface area contributed by atoms with Gasteiger partial charge in [0.2, 0.25) is 5.91 Å². The van der Waals surface area contributed by atoms with Gasteiger partial charge in [0, 0.05) is 13.1 Å². The SMILES string of the molecule is Cc1cccc2c1CCN(C(=O)CNCC(C)O)C2C1CCCCC1. The Balaban J connectivity index is 1.82. The van der Waals surface area contributed by atoms with Crippen LogP contribution in [0.3, 0.4) is 0 Å². The molecule has 4 nitrogen and oxygen atoms in total. The van der Waals surface area contributed by atoms with Gasteiger partial charge in [-0.05, 0) is 55.7 Å². The number of hydrogen-bond acceptors (Lipinski definition) is 3. The molecule has 2 unspecified atom stereocenters. The zero-order valence-electron chi connectivity index (χ0n) is 15.6. The van der Waals surface area contributed by atoms with Crippen molar-refractivity contribution in [3.05, 3.63) is 34.9 Å². The normalized spacial score (nSPS) is 22.5. The van der Waals surface area contributed by atoms with E-state index in [9.17, 15) is 9.90 Å². The monoisotopic (exact) mass is 344 g/mol. The molecule has 2 aliphatic rings. The predicted octanol–water partition coefficient (Wildman–Crippen LogP) is 2.97. The van der Waals surface area contributed by atoms with E-state index in [1.54, 1.807) is 6.92 Å². The van der Waals surface area contributed by atoms with Gasteiger partial charge in [0.05, 0.1) is 18.7 Å². The fourth-order valence-corrected chi connectivity index (χ4v) is 4.61. The van der Waals surface area contributed by atoms with E-state index in [2.05, 4.69) is 35.3 Å². The molecule has 2 atom stereocenters. The molecule has 1 amide bonds. The van der Waals surface area contributed by atoms with Crippen LogP contribution in [0.25, 0.3) is 0 Å². The first-order valence-electron chi connectivity index (χ1n) is 9.84. The van der Waals surface area contributed by atoms with Crippen molar-refractivity contribution >= 4 is 5.91 Å². The van der Waals surface area contributed by atoms with Crippen LogP contribution in [0.1, 0.15) is 61.8 Å². The fraction of sp³-hybridized carbons (Fsp3) is 0.667. The van der Waals surface area contributed by atoms with Gasteiger partial charge in [-0.2, -0.15) is 0 Å². The van der Waals surface area contributed by atoms with Crippen molar-refractivity contribution in [2.45, 2.75) is 64.5 Å². The lowest BCUT2D eigenvalue weighted by atomic mass is 9.76. The van der Waals surface area contributed by atoms with Crippen molar-refractivity contribution in [1.29, 1.82) is 0 Å². The molecule has 138 valence electrons. The van der Waals surface area contributed by atoms with E-state index in [1.807, 2.05) is 0 Å². The summed E-state index contributed by atoms with van der Waals surface area (Å²) in [7, 11) is 0. The van der Waals surface area contributed by atoms with Crippen molar-refractivity contribution < 1.29 is 9.90 Å². The van der Waals surface area contributed by atoms with Crippen LogP contribution in [0.5, 0.6) is 0 Å². The number of fused-ring (bicyclic) bond motifs is 1. The van der Waals surface area contributed by atoms with E-state index in [-0.39, 0.29) is 11.9 Å². The highest BCUT2D eigenvalue weighted by atomic mass is 16.3. The lowest BCUT2D eigenvalue weighted by molar-refractivity contribution is -0.134. The first-order chi connectivity index (χ1) is 12.1. The summed E-state index contributed by atoms with van der Waals surface area (Å²) in [6.07, 6.45) is 6.87. The zero-order chi connectivity index (χ0) is 17.8. The highest BCUT2D eigenvalue weighted by Crippen LogP contribution is 2.42. The van der Waals surface area contributed by atoms with E-state index in [0.717, 1.165) is 13.0 Å². The second kappa shape index (κ2) is 8.33. The smallest absolute Gasteiger partial charge is 0.237 e. The molecule has 0 radical (unpaired) electrons. The molecule has 0 aromatic heterocycles. The highest BCUT2D eigenvalue weighted by molar-refractivity contribution is 5.79. The molecule has 1 aliphatic heterocycles. The third-order valence-corrected chi connectivity index (χ3v) is 5.84. The maximum absolute atomic E-state index is 12.9. The van der Waals surface area contributed by atoms with E-state index in [0.29, 0.717) is 19.0 Å². The van der Waals surface area contributed by atoms with Crippen LogP contribution in [0, 0.1) is 12.8 Å². The first kappa shape index (κ1) is 18.4. The Labute approximate surface area is 151 Å². The summed E-state index contributed by atoms with van der Waals surface area (Å²) in [5.74, 6) is 0.749. The standard InChI is InChI=1S/C21H32N2O2/c1-15-7-6-10-19-18(15)11-12-23(20(25)14-22-13-16(2)24)21(19)17-8-4-3-5-9-17/h6-7,10,16-17,21-22,24H,3-5,8-9,11-14H2,1-2H3. The van der Waals surface area contributed by atoms with Gasteiger partial charge >= 0.3 is 0 Å². The Kier molecular flexibility index (Phi) is 6.13. The summed E-state index contributed by atoms with van der Waals surface area (Å²) >= 11 is 0. The summed E-state index contributed by atoms with van der Waals surface area (Å²) in [4.78, 5) is 15.0. The molecule has 1 saturated carbocycles. The molecule has 1 fully saturated rings. The van der Waals surface area contributed by atoms with Gasteiger partial charge in [-0.15, -0.1) is 0 Å². The number of aryl methyl sites for hydroxylation is 1. The molecular formula is C21H32N2O2. The molecule has 1 aliphatic carbocycles. The van der Waals surface area contributed by atoms with Gasteiger partial charge < -0.3 is 15.3 Å². The Morgan fingerprint density at radius 2 is 2.08 bits per heavy atom. The lowest BCUT2D eigenvalue weighted by Crippen LogP contribution is -2.47. The molecule has 3 rings (SSSR count). The molecule has 1 aromatic rings.